The van der Waals surface area contributed by atoms with Crippen molar-refractivity contribution in [1.29, 1.82) is 0 Å². The van der Waals surface area contributed by atoms with Gasteiger partial charge >= 0.3 is 12.1 Å². The quantitative estimate of drug-likeness (QED) is 0.800. The summed E-state index contributed by atoms with van der Waals surface area (Å²) in [5, 5.41) is 10.7. The standard InChI is InChI=1S/C12H15NO5/c1-17-10-5-3-2-4-9(10)8-18-12(16)13-7-6-11(14)15/h2-5H,6-8H2,1H3,(H,13,16)(H,14,15). The van der Waals surface area contributed by atoms with Gasteiger partial charge in [-0.3, -0.25) is 4.79 Å². The molecule has 0 fully saturated rings. The van der Waals surface area contributed by atoms with E-state index in [1.807, 2.05) is 12.1 Å². The van der Waals surface area contributed by atoms with E-state index in [2.05, 4.69) is 5.32 Å². The number of carbonyl (C=O) groups excluding carboxylic acids is 1. The molecule has 0 aliphatic carbocycles. The highest BCUT2D eigenvalue weighted by Crippen LogP contribution is 2.17. The van der Waals surface area contributed by atoms with Crippen LogP contribution in [0.25, 0.3) is 0 Å². The van der Waals surface area contributed by atoms with Crippen molar-refractivity contribution in [1.82, 2.24) is 5.32 Å². The first kappa shape index (κ1) is 13.8. The summed E-state index contributed by atoms with van der Waals surface area (Å²) < 4.78 is 10.0. The molecule has 0 atom stereocenters. The Morgan fingerprint density at radius 2 is 2.06 bits per heavy atom. The summed E-state index contributed by atoms with van der Waals surface area (Å²) in [6.07, 6.45) is -0.786. The van der Waals surface area contributed by atoms with Crippen molar-refractivity contribution in [2.45, 2.75) is 13.0 Å². The number of hydrogen-bond donors (Lipinski definition) is 2. The lowest BCUT2D eigenvalue weighted by Crippen LogP contribution is -2.26. The van der Waals surface area contributed by atoms with Gasteiger partial charge in [0, 0.05) is 12.1 Å². The predicted molar refractivity (Wildman–Crippen MR) is 63.4 cm³/mol. The molecule has 0 radical (unpaired) electrons. The van der Waals surface area contributed by atoms with Crippen LogP contribution in [-0.2, 0) is 16.1 Å². The van der Waals surface area contributed by atoms with Gasteiger partial charge in [0.25, 0.3) is 0 Å². The number of benzene rings is 1. The molecule has 0 bridgehead atoms. The molecule has 1 amide bonds. The van der Waals surface area contributed by atoms with Crippen molar-refractivity contribution in [3.8, 4) is 5.75 Å². The van der Waals surface area contributed by atoms with Gasteiger partial charge in [-0.05, 0) is 6.07 Å². The second kappa shape index (κ2) is 7.16. The molecule has 0 aliphatic heterocycles. The Kier molecular flexibility index (Phi) is 5.50. The van der Waals surface area contributed by atoms with Crippen molar-refractivity contribution in [3.63, 3.8) is 0 Å². The third kappa shape index (κ3) is 4.73. The van der Waals surface area contributed by atoms with E-state index in [-0.39, 0.29) is 19.6 Å². The predicted octanol–water partition coefficient (Wildman–Crippen LogP) is 1.40. The SMILES string of the molecule is COc1ccccc1COC(=O)NCCC(=O)O. The Labute approximate surface area is 105 Å². The third-order valence-electron chi connectivity index (χ3n) is 2.16. The number of methoxy groups -OCH3 is 1. The molecular weight excluding hydrogens is 238 g/mol. The minimum atomic E-state index is -0.972. The van der Waals surface area contributed by atoms with E-state index in [9.17, 15) is 9.59 Å². The Morgan fingerprint density at radius 1 is 1.33 bits per heavy atom. The first-order chi connectivity index (χ1) is 8.63. The maximum absolute atomic E-state index is 11.2. The van der Waals surface area contributed by atoms with E-state index < -0.39 is 12.1 Å². The summed E-state index contributed by atoms with van der Waals surface area (Å²) in [5.74, 6) is -0.337. The van der Waals surface area contributed by atoms with Crippen LogP contribution in [0.4, 0.5) is 4.79 Å². The van der Waals surface area contributed by atoms with Gasteiger partial charge in [0.05, 0.1) is 13.5 Å². The van der Waals surface area contributed by atoms with Crippen LogP contribution in [0.2, 0.25) is 0 Å². The number of rotatable bonds is 6. The first-order valence-corrected chi connectivity index (χ1v) is 5.38. The molecular formula is C12H15NO5. The molecule has 0 unspecified atom stereocenters. The number of carboxylic acid groups (broad SMARTS) is 1. The Bertz CT molecular complexity index is 419. The molecule has 0 saturated heterocycles. The van der Waals surface area contributed by atoms with Gasteiger partial charge in [-0.25, -0.2) is 4.79 Å². The average Bonchev–Trinajstić information content (AvgIpc) is 2.36. The summed E-state index contributed by atoms with van der Waals surface area (Å²) in [6.45, 7) is 0.114. The maximum atomic E-state index is 11.2. The van der Waals surface area contributed by atoms with Crippen LogP contribution in [0, 0.1) is 0 Å². The molecule has 0 saturated carbocycles. The number of para-hydroxylation sites is 1. The van der Waals surface area contributed by atoms with Gasteiger partial charge in [-0.15, -0.1) is 0 Å². The van der Waals surface area contributed by atoms with Gasteiger partial charge in [0.2, 0.25) is 0 Å². The minimum absolute atomic E-state index is 0.0418. The van der Waals surface area contributed by atoms with Crippen LogP contribution in [0.3, 0.4) is 0 Å². The van der Waals surface area contributed by atoms with E-state index in [1.165, 1.54) is 7.11 Å². The number of carbonyl (C=O) groups is 2. The number of carboxylic acids is 1. The van der Waals surface area contributed by atoms with Gasteiger partial charge in [0.15, 0.2) is 0 Å². The molecule has 1 aromatic carbocycles. The molecule has 0 heterocycles. The van der Waals surface area contributed by atoms with Crippen LogP contribution < -0.4 is 10.1 Å². The summed E-state index contributed by atoms with van der Waals surface area (Å²) in [4.78, 5) is 21.5. The highest BCUT2D eigenvalue weighted by Gasteiger charge is 2.06. The van der Waals surface area contributed by atoms with Crippen LogP contribution in [-0.4, -0.2) is 30.8 Å². The molecule has 98 valence electrons. The molecule has 1 aromatic rings. The van der Waals surface area contributed by atoms with Crippen molar-refractivity contribution >= 4 is 12.1 Å². The fraction of sp³-hybridized carbons (Fsp3) is 0.333. The number of amides is 1. The average molecular weight is 253 g/mol. The summed E-state index contributed by atoms with van der Waals surface area (Å²) in [7, 11) is 1.53. The molecule has 18 heavy (non-hydrogen) atoms. The zero-order valence-corrected chi connectivity index (χ0v) is 10.0. The van der Waals surface area contributed by atoms with Crippen molar-refractivity contribution in [3.05, 3.63) is 29.8 Å². The molecule has 0 aromatic heterocycles. The number of ether oxygens (including phenoxy) is 2. The van der Waals surface area contributed by atoms with E-state index in [1.54, 1.807) is 12.1 Å². The lowest BCUT2D eigenvalue weighted by Gasteiger charge is -2.09. The first-order valence-electron chi connectivity index (χ1n) is 5.38. The largest absolute Gasteiger partial charge is 0.496 e. The molecule has 0 spiro atoms. The number of alkyl carbamates (subject to hydrolysis) is 1. The van der Waals surface area contributed by atoms with Crippen LogP contribution in [0.5, 0.6) is 5.75 Å². The monoisotopic (exact) mass is 253 g/mol. The van der Waals surface area contributed by atoms with Gasteiger partial charge in [0.1, 0.15) is 12.4 Å². The second-order valence-corrected chi connectivity index (χ2v) is 3.46. The van der Waals surface area contributed by atoms with Gasteiger partial charge in [-0.1, -0.05) is 18.2 Å². The van der Waals surface area contributed by atoms with E-state index in [0.29, 0.717) is 5.75 Å². The highest BCUT2D eigenvalue weighted by atomic mass is 16.5. The number of aliphatic carboxylic acids is 1. The normalized spacial score (nSPS) is 9.61. The van der Waals surface area contributed by atoms with Gasteiger partial charge in [-0.2, -0.15) is 0 Å². The molecule has 1 rings (SSSR count). The smallest absolute Gasteiger partial charge is 0.407 e. The van der Waals surface area contributed by atoms with Crippen molar-refractivity contribution in [2.75, 3.05) is 13.7 Å². The second-order valence-electron chi connectivity index (χ2n) is 3.46. The van der Waals surface area contributed by atoms with E-state index in [4.69, 9.17) is 14.6 Å². The molecule has 6 heteroatoms. The fourth-order valence-electron chi connectivity index (χ4n) is 1.29. The van der Waals surface area contributed by atoms with Crippen LogP contribution >= 0.6 is 0 Å². The van der Waals surface area contributed by atoms with Crippen molar-refractivity contribution < 1.29 is 24.2 Å². The van der Waals surface area contributed by atoms with Gasteiger partial charge < -0.3 is 19.9 Å². The highest BCUT2D eigenvalue weighted by molar-refractivity contribution is 5.70. The van der Waals surface area contributed by atoms with Crippen LogP contribution in [0.1, 0.15) is 12.0 Å². The molecule has 2 N–H and O–H groups in total. The third-order valence-corrected chi connectivity index (χ3v) is 2.16. The minimum Gasteiger partial charge on any atom is -0.496 e. The fourth-order valence-corrected chi connectivity index (χ4v) is 1.29. The molecule has 0 aliphatic rings. The number of nitrogens with one attached hydrogen (secondary N) is 1. The lowest BCUT2D eigenvalue weighted by atomic mass is 10.2. The zero-order chi connectivity index (χ0) is 13.4. The lowest BCUT2D eigenvalue weighted by molar-refractivity contribution is -0.136. The Hall–Kier alpha value is -2.24. The Balaban J connectivity index is 2.35. The van der Waals surface area contributed by atoms with E-state index in [0.717, 1.165) is 5.56 Å². The Morgan fingerprint density at radius 3 is 2.72 bits per heavy atom. The zero-order valence-electron chi connectivity index (χ0n) is 10.0. The topological polar surface area (TPSA) is 84.9 Å². The molecule has 6 nitrogen and oxygen atoms in total. The van der Waals surface area contributed by atoms with Crippen LogP contribution in [0.15, 0.2) is 24.3 Å². The summed E-state index contributed by atoms with van der Waals surface area (Å²) in [5.41, 5.74) is 0.744. The maximum Gasteiger partial charge on any atom is 0.407 e. The summed E-state index contributed by atoms with van der Waals surface area (Å²) in [6, 6.07) is 7.17. The number of hydrogen-bond acceptors (Lipinski definition) is 4. The van der Waals surface area contributed by atoms with E-state index >= 15 is 0 Å². The van der Waals surface area contributed by atoms with Crippen molar-refractivity contribution in [2.24, 2.45) is 0 Å². The summed E-state index contributed by atoms with van der Waals surface area (Å²) >= 11 is 0.